The zero-order valence-electron chi connectivity index (χ0n) is 18.9. The molecule has 182 valence electrons. The zero-order chi connectivity index (χ0) is 24.7. The van der Waals surface area contributed by atoms with Crippen molar-refractivity contribution >= 4 is 28.4 Å². The third kappa shape index (κ3) is 4.30. The van der Waals surface area contributed by atoms with E-state index < -0.39 is 29.7 Å². The molecule has 2 atom stereocenters. The summed E-state index contributed by atoms with van der Waals surface area (Å²) in [7, 11) is 1.28. The van der Waals surface area contributed by atoms with E-state index in [4.69, 9.17) is 4.74 Å². The van der Waals surface area contributed by atoms with Crippen LogP contribution in [0, 0.1) is 12.7 Å². The summed E-state index contributed by atoms with van der Waals surface area (Å²) < 4.78 is 60.6. The Labute approximate surface area is 199 Å². The number of aryl methyl sites for hydroxylation is 1. The summed E-state index contributed by atoms with van der Waals surface area (Å²) in [4.78, 5) is 4.51. The van der Waals surface area contributed by atoms with Crippen molar-refractivity contribution in [3.05, 3.63) is 65.6 Å². The van der Waals surface area contributed by atoms with Crippen molar-refractivity contribution in [3.63, 3.8) is 0 Å². The lowest BCUT2D eigenvalue weighted by Gasteiger charge is -2.36. The van der Waals surface area contributed by atoms with Gasteiger partial charge in [0.25, 0.3) is 0 Å². The van der Waals surface area contributed by atoms with Crippen LogP contribution in [-0.4, -0.2) is 40.5 Å². The number of pyridine rings is 1. The number of ether oxygens (including phenoxy) is 1. The first-order valence-electron chi connectivity index (χ1n) is 10.7. The van der Waals surface area contributed by atoms with Crippen molar-refractivity contribution in [2.45, 2.75) is 37.7 Å². The third-order valence-corrected chi connectivity index (χ3v) is 7.02. The van der Waals surface area contributed by atoms with Crippen LogP contribution in [0.15, 0.2) is 48.5 Å². The van der Waals surface area contributed by atoms with Crippen LogP contribution >= 0.6 is 11.8 Å². The lowest BCUT2D eigenvalue weighted by Crippen LogP contribution is -2.52. The molecule has 5 nitrogen and oxygen atoms in total. The van der Waals surface area contributed by atoms with E-state index in [1.54, 1.807) is 12.1 Å². The molecule has 1 fully saturated rings. The predicted octanol–water partition coefficient (Wildman–Crippen LogP) is 5.31. The quantitative estimate of drug-likeness (QED) is 0.326. The lowest BCUT2D eigenvalue weighted by atomic mass is 9.83. The van der Waals surface area contributed by atoms with E-state index >= 15 is 0 Å². The molecule has 34 heavy (non-hydrogen) atoms. The molecule has 0 saturated carbocycles. The number of halogens is 4. The summed E-state index contributed by atoms with van der Waals surface area (Å²) in [6.45, 7) is 3.66. The van der Waals surface area contributed by atoms with Crippen LogP contribution in [0.5, 0.6) is 5.75 Å². The molecule has 1 aliphatic heterocycles. The number of alkyl halides is 3. The number of aliphatic hydroxyl groups is 1. The Morgan fingerprint density at radius 2 is 1.94 bits per heavy atom. The van der Waals surface area contributed by atoms with Crippen molar-refractivity contribution in [2.75, 3.05) is 23.6 Å². The molecule has 2 N–H and O–H groups in total. The van der Waals surface area contributed by atoms with E-state index in [1.165, 1.54) is 36.0 Å². The molecule has 2 heterocycles. The van der Waals surface area contributed by atoms with Crippen LogP contribution in [0.2, 0.25) is 0 Å². The molecule has 10 heteroatoms. The molecule has 0 spiro atoms. The Morgan fingerprint density at radius 3 is 2.62 bits per heavy atom. The number of hydrogen-bond acceptors (Lipinski definition) is 6. The highest BCUT2D eigenvalue weighted by Gasteiger charge is 2.69. The maximum Gasteiger partial charge on any atom is 0.392 e. The normalized spacial score (nSPS) is 19.8. The molecule has 0 radical (unpaired) electrons. The molecule has 4 rings (SSSR count). The number of hydrazine groups is 1. The van der Waals surface area contributed by atoms with Gasteiger partial charge >= 0.3 is 6.18 Å². The monoisotopic (exact) mass is 495 g/mol. The smallest absolute Gasteiger partial charge is 0.392 e. The highest BCUT2D eigenvalue weighted by molar-refractivity contribution is 7.99. The predicted molar refractivity (Wildman–Crippen MR) is 125 cm³/mol. The van der Waals surface area contributed by atoms with Crippen LogP contribution < -0.4 is 15.2 Å². The molecule has 2 unspecified atom stereocenters. The fraction of sp³-hybridized carbons (Fsp3) is 0.375. The molecule has 0 bridgehead atoms. The van der Waals surface area contributed by atoms with Crippen LogP contribution in [0.1, 0.15) is 24.6 Å². The second-order valence-electron chi connectivity index (χ2n) is 8.26. The number of hydrogen-bond donors (Lipinski definition) is 2. The van der Waals surface area contributed by atoms with Crippen molar-refractivity contribution in [2.24, 2.45) is 0 Å². The summed E-state index contributed by atoms with van der Waals surface area (Å²) in [6, 6.07) is 12.8. The molecular formula is C24H25F4N3O2S. The number of anilines is 1. The molecule has 2 aromatic carbocycles. The van der Waals surface area contributed by atoms with Gasteiger partial charge in [-0.2, -0.15) is 30.4 Å². The van der Waals surface area contributed by atoms with Crippen molar-refractivity contribution in [1.82, 2.24) is 10.4 Å². The molecule has 3 aromatic rings. The van der Waals surface area contributed by atoms with Gasteiger partial charge in [0.05, 0.1) is 24.7 Å². The van der Waals surface area contributed by atoms with Gasteiger partial charge in [0, 0.05) is 22.4 Å². The number of nitrogens with zero attached hydrogens (tertiary/aromatic N) is 2. The molecule has 1 saturated heterocycles. The van der Waals surface area contributed by atoms with Crippen molar-refractivity contribution < 1.29 is 27.4 Å². The molecule has 1 aliphatic rings. The van der Waals surface area contributed by atoms with Gasteiger partial charge in [-0.1, -0.05) is 19.1 Å². The van der Waals surface area contributed by atoms with Crippen LogP contribution in [-0.2, 0) is 5.66 Å². The minimum absolute atomic E-state index is 0.127. The third-order valence-electron chi connectivity index (χ3n) is 5.93. The maximum absolute atomic E-state index is 14.2. The number of rotatable bonds is 8. The fourth-order valence-corrected chi connectivity index (χ4v) is 5.21. The van der Waals surface area contributed by atoms with Crippen LogP contribution in [0.25, 0.3) is 10.9 Å². The fourth-order valence-electron chi connectivity index (χ4n) is 4.36. The van der Waals surface area contributed by atoms with Crippen molar-refractivity contribution in [3.8, 4) is 5.75 Å². The summed E-state index contributed by atoms with van der Waals surface area (Å²) in [5, 5.41) is 13.9. The standard InChI is InChI=1S/C24H25F4N3O2S/c1-4-34-14-22(32,13-23(26,27)28)24(16-9-11-18(25)21(12-16)33-3)30-31(24)20-7-5-6-19-17(20)10-8-15(2)29-19/h5-12,30,32H,4,13-14H2,1-3H3. The Bertz CT molecular complexity index is 1210. The molecule has 0 amide bonds. The van der Waals surface area contributed by atoms with Gasteiger partial charge in [0.15, 0.2) is 17.2 Å². The summed E-state index contributed by atoms with van der Waals surface area (Å²) in [5.41, 5.74) is 1.34. The lowest BCUT2D eigenvalue weighted by molar-refractivity contribution is -0.179. The van der Waals surface area contributed by atoms with E-state index in [0.29, 0.717) is 22.3 Å². The summed E-state index contributed by atoms with van der Waals surface area (Å²) >= 11 is 1.20. The first-order chi connectivity index (χ1) is 16.0. The Kier molecular flexibility index (Phi) is 6.43. The van der Waals surface area contributed by atoms with Crippen LogP contribution in [0.3, 0.4) is 0 Å². The van der Waals surface area contributed by atoms with E-state index in [2.05, 4.69) is 10.4 Å². The number of nitrogens with one attached hydrogen (secondary N) is 1. The Balaban J connectivity index is 1.92. The second kappa shape index (κ2) is 8.90. The molecular weight excluding hydrogens is 470 g/mol. The van der Waals surface area contributed by atoms with Gasteiger partial charge in [-0.25, -0.2) is 4.39 Å². The van der Waals surface area contributed by atoms with Crippen molar-refractivity contribution in [1.29, 1.82) is 0 Å². The van der Waals surface area contributed by atoms with E-state index in [1.807, 2.05) is 32.0 Å². The summed E-state index contributed by atoms with van der Waals surface area (Å²) in [5.74, 6) is -0.464. The van der Waals surface area contributed by atoms with Gasteiger partial charge in [-0.05, 0) is 49.1 Å². The number of aromatic nitrogens is 1. The Hall–Kier alpha value is -2.56. The van der Waals surface area contributed by atoms with E-state index in [0.717, 1.165) is 11.8 Å². The maximum atomic E-state index is 14.2. The minimum Gasteiger partial charge on any atom is -0.494 e. The van der Waals surface area contributed by atoms with Gasteiger partial charge in [-0.15, -0.1) is 0 Å². The highest BCUT2D eigenvalue weighted by Crippen LogP contribution is 2.54. The summed E-state index contributed by atoms with van der Waals surface area (Å²) in [6.07, 6.45) is -6.11. The largest absolute Gasteiger partial charge is 0.494 e. The first kappa shape index (κ1) is 24.6. The first-order valence-corrected chi connectivity index (χ1v) is 11.9. The average molecular weight is 496 g/mol. The van der Waals surface area contributed by atoms with Gasteiger partial charge < -0.3 is 9.84 Å². The van der Waals surface area contributed by atoms with Gasteiger partial charge in [0.2, 0.25) is 0 Å². The highest BCUT2D eigenvalue weighted by atomic mass is 32.2. The number of methoxy groups -OCH3 is 1. The minimum atomic E-state index is -4.65. The van der Waals surface area contributed by atoms with Gasteiger partial charge in [-0.3, -0.25) is 9.99 Å². The second-order valence-corrected chi connectivity index (χ2v) is 9.54. The zero-order valence-corrected chi connectivity index (χ0v) is 19.7. The SMILES string of the molecule is CCSCC(O)(CC(F)(F)F)C1(c2ccc(F)c(OC)c2)NN1c1cccc2nc(C)ccc12. The average Bonchev–Trinajstić information content (AvgIpc) is 3.53. The number of benzene rings is 2. The topological polar surface area (TPSA) is 67.3 Å². The van der Waals surface area contributed by atoms with E-state index in [9.17, 15) is 22.7 Å². The molecule has 1 aromatic heterocycles. The van der Waals surface area contributed by atoms with E-state index in [-0.39, 0.29) is 17.1 Å². The van der Waals surface area contributed by atoms with Gasteiger partial charge in [0.1, 0.15) is 5.60 Å². The van der Waals surface area contributed by atoms with Crippen LogP contribution in [0.4, 0.5) is 23.2 Å². The molecule has 0 aliphatic carbocycles. The number of fused-ring (bicyclic) bond motifs is 1. The number of thioether (sulfide) groups is 1. The Morgan fingerprint density at radius 1 is 1.18 bits per heavy atom.